The highest BCUT2D eigenvalue weighted by Crippen LogP contribution is 2.17. The normalized spacial score (nSPS) is 10.2. The van der Waals surface area contributed by atoms with Crippen LogP contribution in [0.2, 0.25) is 0 Å². The van der Waals surface area contributed by atoms with Crippen LogP contribution in [-0.4, -0.2) is 12.8 Å². The zero-order valence-corrected chi connectivity index (χ0v) is 10.8. The van der Waals surface area contributed by atoms with Crippen LogP contribution >= 0.6 is 11.8 Å². The lowest BCUT2D eigenvalue weighted by molar-refractivity contribution is 1.02. The Morgan fingerprint density at radius 1 is 0.941 bits per heavy atom. The first kappa shape index (κ1) is 12.1. The van der Waals surface area contributed by atoms with Crippen molar-refractivity contribution in [3.63, 3.8) is 0 Å². The van der Waals surface area contributed by atoms with E-state index in [1.807, 2.05) is 0 Å². The number of anilines is 1. The molecular weight excluding hydrogens is 226 g/mol. The van der Waals surface area contributed by atoms with Crippen molar-refractivity contribution in [1.82, 2.24) is 0 Å². The zero-order valence-electron chi connectivity index (χ0n) is 10.0. The maximum absolute atomic E-state index is 3.44. The molecule has 0 atom stereocenters. The van der Waals surface area contributed by atoms with Gasteiger partial charge in [0.05, 0.1) is 0 Å². The molecule has 2 aromatic rings. The second-order valence-corrected chi connectivity index (χ2v) is 4.77. The minimum absolute atomic E-state index is 0.975. The minimum atomic E-state index is 0.975. The molecule has 2 rings (SSSR count). The third-order valence-electron chi connectivity index (χ3n) is 2.68. The van der Waals surface area contributed by atoms with E-state index in [-0.39, 0.29) is 0 Å². The summed E-state index contributed by atoms with van der Waals surface area (Å²) in [5, 5.41) is 3.44. The summed E-state index contributed by atoms with van der Waals surface area (Å²) >= 11 is 1.77. The summed E-state index contributed by atoms with van der Waals surface area (Å²) in [6.07, 6.45) is 3.16. The largest absolute Gasteiger partial charge is 0.385 e. The van der Waals surface area contributed by atoms with E-state index >= 15 is 0 Å². The van der Waals surface area contributed by atoms with Gasteiger partial charge < -0.3 is 5.32 Å². The molecule has 0 aromatic heterocycles. The van der Waals surface area contributed by atoms with Crippen molar-refractivity contribution < 1.29 is 0 Å². The van der Waals surface area contributed by atoms with Crippen LogP contribution in [0, 0.1) is 0 Å². The number of nitrogens with one attached hydrogen (secondary N) is 1. The number of hydrogen-bond donors (Lipinski definition) is 1. The fourth-order valence-corrected chi connectivity index (χ4v) is 2.11. The van der Waals surface area contributed by atoms with E-state index in [0.717, 1.165) is 13.0 Å². The van der Waals surface area contributed by atoms with Crippen molar-refractivity contribution in [1.29, 1.82) is 0 Å². The SMILES string of the molecule is CSc1ccc(NCCc2ccccc2)cc1. The summed E-state index contributed by atoms with van der Waals surface area (Å²) < 4.78 is 0. The van der Waals surface area contributed by atoms with Gasteiger partial charge in [-0.2, -0.15) is 0 Å². The van der Waals surface area contributed by atoms with Gasteiger partial charge >= 0.3 is 0 Å². The maximum Gasteiger partial charge on any atom is 0.0341 e. The summed E-state index contributed by atoms with van der Waals surface area (Å²) in [4.78, 5) is 1.30. The molecule has 0 fully saturated rings. The van der Waals surface area contributed by atoms with E-state index in [1.165, 1.54) is 16.1 Å². The van der Waals surface area contributed by atoms with Crippen molar-refractivity contribution in [3.8, 4) is 0 Å². The molecule has 1 nitrogen and oxygen atoms in total. The first-order valence-corrected chi connectivity index (χ1v) is 7.03. The number of hydrogen-bond acceptors (Lipinski definition) is 2. The van der Waals surface area contributed by atoms with Crippen molar-refractivity contribution in [2.45, 2.75) is 11.3 Å². The van der Waals surface area contributed by atoms with E-state index in [9.17, 15) is 0 Å². The topological polar surface area (TPSA) is 12.0 Å². The Bertz CT molecular complexity index is 436. The van der Waals surface area contributed by atoms with Gasteiger partial charge in [-0.3, -0.25) is 0 Å². The molecular formula is C15H17NS. The molecule has 2 aromatic carbocycles. The third-order valence-corrected chi connectivity index (χ3v) is 3.42. The fraction of sp³-hybridized carbons (Fsp3) is 0.200. The Hall–Kier alpha value is -1.41. The second-order valence-electron chi connectivity index (χ2n) is 3.89. The molecule has 0 aliphatic heterocycles. The summed E-state index contributed by atoms with van der Waals surface area (Å²) in [5.41, 5.74) is 2.57. The predicted octanol–water partition coefficient (Wildman–Crippen LogP) is 4.06. The zero-order chi connectivity index (χ0) is 11.9. The van der Waals surface area contributed by atoms with Crippen molar-refractivity contribution in [3.05, 3.63) is 60.2 Å². The lowest BCUT2D eigenvalue weighted by atomic mass is 10.1. The van der Waals surface area contributed by atoms with Crippen LogP contribution in [0.4, 0.5) is 5.69 Å². The van der Waals surface area contributed by atoms with E-state index < -0.39 is 0 Å². The molecule has 0 saturated carbocycles. The predicted molar refractivity (Wildman–Crippen MR) is 76.9 cm³/mol. The molecule has 0 unspecified atom stereocenters. The van der Waals surface area contributed by atoms with Gasteiger partial charge in [0.25, 0.3) is 0 Å². The Morgan fingerprint density at radius 2 is 1.65 bits per heavy atom. The average Bonchev–Trinajstić information content (AvgIpc) is 2.41. The quantitative estimate of drug-likeness (QED) is 0.795. The number of thioether (sulfide) groups is 1. The highest BCUT2D eigenvalue weighted by atomic mass is 32.2. The molecule has 2 heteroatoms. The molecule has 17 heavy (non-hydrogen) atoms. The van der Waals surface area contributed by atoms with E-state index in [1.54, 1.807) is 11.8 Å². The highest BCUT2D eigenvalue weighted by Gasteiger charge is 1.94. The van der Waals surface area contributed by atoms with Crippen LogP contribution in [0.1, 0.15) is 5.56 Å². The molecule has 0 aliphatic rings. The first-order valence-electron chi connectivity index (χ1n) is 5.80. The molecule has 0 heterocycles. The van der Waals surface area contributed by atoms with Crippen LogP contribution in [-0.2, 0) is 6.42 Å². The molecule has 0 bridgehead atoms. The number of rotatable bonds is 5. The molecule has 0 amide bonds. The van der Waals surface area contributed by atoms with Crippen molar-refractivity contribution in [2.24, 2.45) is 0 Å². The summed E-state index contributed by atoms with van der Waals surface area (Å²) in [6, 6.07) is 19.1. The van der Waals surface area contributed by atoms with Gasteiger partial charge in [0.15, 0.2) is 0 Å². The lowest BCUT2D eigenvalue weighted by Crippen LogP contribution is -2.04. The second kappa shape index (κ2) is 6.36. The van der Waals surface area contributed by atoms with Gasteiger partial charge in [-0.05, 0) is 42.5 Å². The molecule has 0 spiro atoms. The molecule has 1 N–H and O–H groups in total. The van der Waals surface area contributed by atoms with E-state index in [4.69, 9.17) is 0 Å². The Labute approximate surface area is 107 Å². The Balaban J connectivity index is 1.82. The molecule has 0 radical (unpaired) electrons. The van der Waals surface area contributed by atoms with Crippen molar-refractivity contribution >= 4 is 17.4 Å². The lowest BCUT2D eigenvalue weighted by Gasteiger charge is -2.07. The fourth-order valence-electron chi connectivity index (χ4n) is 1.70. The molecule has 0 aliphatic carbocycles. The molecule has 0 saturated heterocycles. The number of benzene rings is 2. The van der Waals surface area contributed by atoms with Gasteiger partial charge in [-0.15, -0.1) is 11.8 Å². The summed E-state index contributed by atoms with van der Waals surface area (Å²) in [6.45, 7) is 0.975. The van der Waals surface area contributed by atoms with Gasteiger partial charge in [-0.1, -0.05) is 30.3 Å². The van der Waals surface area contributed by atoms with Gasteiger partial charge in [0.1, 0.15) is 0 Å². The van der Waals surface area contributed by atoms with Crippen LogP contribution in [0.25, 0.3) is 0 Å². The molecule has 88 valence electrons. The van der Waals surface area contributed by atoms with Gasteiger partial charge in [0.2, 0.25) is 0 Å². The van der Waals surface area contributed by atoms with Crippen LogP contribution in [0.3, 0.4) is 0 Å². The van der Waals surface area contributed by atoms with E-state index in [0.29, 0.717) is 0 Å². The van der Waals surface area contributed by atoms with Gasteiger partial charge in [0, 0.05) is 17.1 Å². The first-order chi connectivity index (χ1) is 8.38. The van der Waals surface area contributed by atoms with Crippen molar-refractivity contribution in [2.75, 3.05) is 18.1 Å². The Morgan fingerprint density at radius 3 is 2.29 bits per heavy atom. The van der Waals surface area contributed by atoms with E-state index in [2.05, 4.69) is 66.2 Å². The van der Waals surface area contributed by atoms with Crippen LogP contribution in [0.5, 0.6) is 0 Å². The smallest absolute Gasteiger partial charge is 0.0341 e. The highest BCUT2D eigenvalue weighted by molar-refractivity contribution is 7.98. The third kappa shape index (κ3) is 3.82. The van der Waals surface area contributed by atoms with Crippen LogP contribution in [0.15, 0.2) is 59.5 Å². The maximum atomic E-state index is 3.44. The minimum Gasteiger partial charge on any atom is -0.385 e. The Kier molecular flexibility index (Phi) is 4.51. The standard InChI is InChI=1S/C15H17NS/c1-17-15-9-7-14(8-10-15)16-12-11-13-5-3-2-4-6-13/h2-10,16H,11-12H2,1H3. The van der Waals surface area contributed by atoms with Gasteiger partial charge in [-0.25, -0.2) is 0 Å². The summed E-state index contributed by atoms with van der Waals surface area (Å²) in [7, 11) is 0. The average molecular weight is 243 g/mol. The van der Waals surface area contributed by atoms with Crippen LogP contribution < -0.4 is 5.32 Å². The monoisotopic (exact) mass is 243 g/mol. The summed E-state index contributed by atoms with van der Waals surface area (Å²) in [5.74, 6) is 0.